The van der Waals surface area contributed by atoms with E-state index in [1.165, 1.54) is 12.1 Å². The van der Waals surface area contributed by atoms with Gasteiger partial charge in [0, 0.05) is 37.1 Å². The number of halogens is 4. The summed E-state index contributed by atoms with van der Waals surface area (Å²) in [6.07, 6.45) is -1.53. The minimum atomic E-state index is -4.61. The van der Waals surface area contributed by atoms with Crippen molar-refractivity contribution in [2.24, 2.45) is 10.2 Å². The third-order valence-electron chi connectivity index (χ3n) is 6.83. The molecule has 0 bridgehead atoms. The smallest absolute Gasteiger partial charge is 0.416 e. The van der Waals surface area contributed by atoms with E-state index in [1.54, 1.807) is 36.4 Å². The summed E-state index contributed by atoms with van der Waals surface area (Å²) in [6.45, 7) is 2.77. The minimum Gasteiger partial charge on any atom is -0.492 e. The first-order valence-corrected chi connectivity index (χ1v) is 13.7. The van der Waals surface area contributed by atoms with Crippen LogP contribution in [0.25, 0.3) is 5.57 Å². The van der Waals surface area contributed by atoms with Gasteiger partial charge in [0.05, 0.1) is 28.1 Å². The first-order valence-electron chi connectivity index (χ1n) is 12.5. The summed E-state index contributed by atoms with van der Waals surface area (Å²) in [6, 6.07) is 8.97. The number of hydrogen-bond donors (Lipinski definition) is 2. The Morgan fingerprint density at radius 2 is 1.95 bits per heavy atom. The van der Waals surface area contributed by atoms with Crippen molar-refractivity contribution in [1.82, 2.24) is 9.88 Å². The van der Waals surface area contributed by atoms with Crippen LogP contribution in [0, 0.1) is 0 Å². The number of β-amino-alcohol motifs (C(OH)–C–C–N with tert-alkyl or cyclic N) is 1. The second-order valence-electron chi connectivity index (χ2n) is 9.76. The molecular formula is C27H27ClF3N5O2S. The van der Waals surface area contributed by atoms with E-state index in [0.29, 0.717) is 39.2 Å². The summed E-state index contributed by atoms with van der Waals surface area (Å²) >= 11 is 7.07. The number of aromatic hydroxyl groups is 1. The average Bonchev–Trinajstić information content (AvgIpc) is 3.63. The van der Waals surface area contributed by atoms with Crippen LogP contribution in [0.15, 0.2) is 46.6 Å². The number of likely N-dealkylation sites (tertiary alicyclic amines) is 1. The molecule has 1 fully saturated rings. The summed E-state index contributed by atoms with van der Waals surface area (Å²) in [4.78, 5) is 8.62. The van der Waals surface area contributed by atoms with E-state index in [1.807, 2.05) is 0 Å². The Morgan fingerprint density at radius 3 is 2.69 bits per heavy atom. The van der Waals surface area contributed by atoms with Gasteiger partial charge in [0.15, 0.2) is 5.13 Å². The van der Waals surface area contributed by atoms with Crippen molar-refractivity contribution >= 4 is 39.9 Å². The summed E-state index contributed by atoms with van der Waals surface area (Å²) < 4.78 is 41.8. The summed E-state index contributed by atoms with van der Waals surface area (Å²) in [5.41, 5.74) is 0.378. The van der Waals surface area contributed by atoms with Crippen molar-refractivity contribution in [3.63, 3.8) is 0 Å². The van der Waals surface area contributed by atoms with Crippen LogP contribution >= 0.6 is 22.9 Å². The predicted octanol–water partition coefficient (Wildman–Crippen LogP) is 3.82. The number of likely N-dealkylation sites (N-methyl/N-ethyl adjacent to an activating group) is 1. The molecule has 1 unspecified atom stereocenters. The van der Waals surface area contributed by atoms with Gasteiger partial charge in [0.1, 0.15) is 0 Å². The SMILES string of the molecule is CN(CC(O)CN1CCCC1)c1nc(O)c(C(Cc2ccc(Cl)cc2C(F)(F)F)=c2ccc3c(c2)C=NN=3)s1. The van der Waals surface area contributed by atoms with E-state index in [4.69, 9.17) is 11.6 Å². The molecule has 206 valence electrons. The number of fused-ring (bicyclic) bond motifs is 1. The molecule has 0 aliphatic carbocycles. The fourth-order valence-corrected chi connectivity index (χ4v) is 6.10. The molecule has 2 aromatic carbocycles. The molecule has 0 amide bonds. The highest BCUT2D eigenvalue weighted by molar-refractivity contribution is 7.17. The van der Waals surface area contributed by atoms with Crippen LogP contribution < -0.4 is 15.5 Å². The first-order chi connectivity index (χ1) is 18.6. The number of alkyl halides is 3. The Labute approximate surface area is 232 Å². The molecule has 3 heterocycles. The Bertz CT molecular complexity index is 1520. The number of aromatic nitrogens is 1. The molecule has 2 N–H and O–H groups in total. The quantitative estimate of drug-likeness (QED) is 0.425. The van der Waals surface area contributed by atoms with Crippen LogP contribution in [0.5, 0.6) is 5.88 Å². The van der Waals surface area contributed by atoms with Gasteiger partial charge in [0.25, 0.3) is 0 Å². The van der Waals surface area contributed by atoms with Gasteiger partial charge in [-0.05, 0) is 66.6 Å². The molecule has 5 rings (SSSR count). The zero-order valence-corrected chi connectivity index (χ0v) is 22.7. The molecular weight excluding hydrogens is 551 g/mol. The molecule has 1 aromatic heterocycles. The van der Waals surface area contributed by atoms with Gasteiger partial charge in [-0.1, -0.05) is 35.1 Å². The van der Waals surface area contributed by atoms with Crippen molar-refractivity contribution < 1.29 is 23.4 Å². The minimum absolute atomic E-state index is 0.0139. The third-order valence-corrected chi connectivity index (χ3v) is 8.29. The second kappa shape index (κ2) is 11.2. The lowest BCUT2D eigenvalue weighted by Crippen LogP contribution is -2.37. The summed E-state index contributed by atoms with van der Waals surface area (Å²) in [5, 5.41) is 31.2. The van der Waals surface area contributed by atoms with Gasteiger partial charge < -0.3 is 20.0 Å². The molecule has 1 atom stereocenters. The number of nitrogens with zero attached hydrogens (tertiary/aromatic N) is 5. The maximum absolute atomic E-state index is 13.9. The monoisotopic (exact) mass is 577 g/mol. The third kappa shape index (κ3) is 6.27. The van der Waals surface area contributed by atoms with Gasteiger partial charge in [-0.25, -0.2) is 0 Å². The van der Waals surface area contributed by atoms with Gasteiger partial charge in [-0.2, -0.15) is 28.4 Å². The zero-order chi connectivity index (χ0) is 27.7. The molecule has 1 saturated heterocycles. The Balaban J connectivity index is 1.53. The maximum atomic E-state index is 13.9. The van der Waals surface area contributed by atoms with Crippen LogP contribution in [0.1, 0.15) is 34.4 Å². The molecule has 2 aliphatic heterocycles. The van der Waals surface area contributed by atoms with E-state index in [2.05, 4.69) is 20.1 Å². The number of aliphatic hydroxyl groups is 1. The fourth-order valence-electron chi connectivity index (χ4n) is 4.94. The van der Waals surface area contributed by atoms with Crippen LogP contribution in [0.4, 0.5) is 18.3 Å². The van der Waals surface area contributed by atoms with Crippen molar-refractivity contribution in [3.05, 3.63) is 73.6 Å². The highest BCUT2D eigenvalue weighted by Gasteiger charge is 2.34. The predicted molar refractivity (Wildman–Crippen MR) is 146 cm³/mol. The maximum Gasteiger partial charge on any atom is 0.416 e. The molecule has 3 aromatic rings. The molecule has 12 heteroatoms. The topological polar surface area (TPSA) is 84.5 Å². The number of benzene rings is 2. The van der Waals surface area contributed by atoms with Crippen molar-refractivity contribution in [1.29, 1.82) is 0 Å². The van der Waals surface area contributed by atoms with Crippen molar-refractivity contribution in [2.45, 2.75) is 31.5 Å². The molecule has 0 saturated carbocycles. The highest BCUT2D eigenvalue weighted by atomic mass is 35.5. The van der Waals surface area contributed by atoms with Gasteiger partial charge in [-0.3, -0.25) is 0 Å². The van der Waals surface area contributed by atoms with E-state index in [-0.39, 0.29) is 22.9 Å². The lowest BCUT2D eigenvalue weighted by Gasteiger charge is -2.23. The van der Waals surface area contributed by atoms with Crippen LogP contribution in [-0.4, -0.2) is 65.6 Å². The second-order valence-corrected chi connectivity index (χ2v) is 11.2. The standard InChI is InChI=1S/C27H27ClF3N5O2S/c1-35(14-20(37)15-36-8-2-3-9-36)26-33-25(38)24(39-26)21(16-5-7-23-18(10-16)13-32-34-23)11-17-4-6-19(28)12-22(17)27(29,30)31/h4-7,10,12-13,20,37-38H,2-3,8-9,11,14-15H2,1H3. The molecule has 7 nitrogen and oxygen atoms in total. The number of hydrogen-bond acceptors (Lipinski definition) is 8. The Kier molecular flexibility index (Phi) is 7.95. The van der Waals surface area contributed by atoms with E-state index in [0.717, 1.165) is 48.9 Å². The highest BCUT2D eigenvalue weighted by Crippen LogP contribution is 2.39. The van der Waals surface area contributed by atoms with E-state index in [9.17, 15) is 23.4 Å². The normalized spacial score (nSPS) is 16.8. The summed E-state index contributed by atoms with van der Waals surface area (Å²) in [7, 11) is 1.77. The van der Waals surface area contributed by atoms with Gasteiger partial charge in [-0.15, -0.1) is 0 Å². The number of rotatable bonds is 8. The van der Waals surface area contributed by atoms with Crippen LogP contribution in [0.2, 0.25) is 5.02 Å². The number of anilines is 1. The molecule has 2 aliphatic rings. The van der Waals surface area contributed by atoms with Gasteiger partial charge in [0.2, 0.25) is 5.88 Å². The van der Waals surface area contributed by atoms with Gasteiger partial charge >= 0.3 is 6.18 Å². The van der Waals surface area contributed by atoms with Crippen LogP contribution in [0.3, 0.4) is 0 Å². The van der Waals surface area contributed by atoms with Crippen molar-refractivity contribution in [3.8, 4) is 5.88 Å². The number of aliphatic hydroxyl groups excluding tert-OH is 1. The Hall–Kier alpha value is -2.99. The average molecular weight is 578 g/mol. The van der Waals surface area contributed by atoms with Crippen LogP contribution in [-0.2, 0) is 12.6 Å². The fraction of sp³-hybridized carbons (Fsp3) is 0.370. The Morgan fingerprint density at radius 1 is 1.18 bits per heavy atom. The molecule has 0 radical (unpaired) electrons. The largest absolute Gasteiger partial charge is 0.492 e. The zero-order valence-electron chi connectivity index (χ0n) is 21.1. The first kappa shape index (κ1) is 27.6. The van der Waals surface area contributed by atoms with Crippen molar-refractivity contribution in [2.75, 3.05) is 38.1 Å². The molecule has 0 spiro atoms. The van der Waals surface area contributed by atoms with E-state index < -0.39 is 17.8 Å². The summed E-state index contributed by atoms with van der Waals surface area (Å²) in [5.74, 6) is -0.285. The molecule has 39 heavy (non-hydrogen) atoms. The lowest BCUT2D eigenvalue weighted by atomic mass is 9.96. The number of thiazole rings is 1. The van der Waals surface area contributed by atoms with E-state index >= 15 is 0 Å². The lowest BCUT2D eigenvalue weighted by molar-refractivity contribution is -0.138.